The lowest BCUT2D eigenvalue weighted by molar-refractivity contribution is -0.117. The van der Waals surface area contributed by atoms with E-state index in [1.807, 2.05) is 60.7 Å². The fourth-order valence-electron chi connectivity index (χ4n) is 3.95. The quantitative estimate of drug-likeness (QED) is 0.516. The van der Waals surface area contributed by atoms with Gasteiger partial charge in [0.25, 0.3) is 5.91 Å². The maximum atomic E-state index is 12.9. The number of aromatic nitrogens is 2. The van der Waals surface area contributed by atoms with Crippen LogP contribution in [0.15, 0.2) is 90.5 Å². The van der Waals surface area contributed by atoms with Crippen molar-refractivity contribution in [3.8, 4) is 11.1 Å². The van der Waals surface area contributed by atoms with Crippen molar-refractivity contribution in [1.29, 1.82) is 0 Å². The van der Waals surface area contributed by atoms with Gasteiger partial charge in [0.1, 0.15) is 0 Å². The number of carbonyl (C=O) groups is 1. The highest BCUT2D eigenvalue weighted by Crippen LogP contribution is 2.41. The number of hydrogen-bond donors (Lipinski definition) is 2. The van der Waals surface area contributed by atoms with Crippen LogP contribution in [0.3, 0.4) is 0 Å². The minimum absolute atomic E-state index is 0.188. The van der Waals surface area contributed by atoms with Gasteiger partial charge in [-0.05, 0) is 41.8 Å². The number of fused-ring (bicyclic) bond motifs is 1. The number of rotatable bonds is 3. The van der Waals surface area contributed by atoms with E-state index in [-0.39, 0.29) is 11.8 Å². The Kier molecular flexibility index (Phi) is 3.95. The molecule has 0 radical (unpaired) electrons. The number of H-pyrrole nitrogens is 1. The topological polar surface area (TPSA) is 69.2 Å². The number of carbonyl (C=O) groups excluding carboxylic acids is 1. The Morgan fingerprint density at radius 2 is 1.69 bits per heavy atom. The lowest BCUT2D eigenvalue weighted by Crippen LogP contribution is -2.30. The van der Waals surface area contributed by atoms with Crippen molar-refractivity contribution in [1.82, 2.24) is 9.97 Å². The molecule has 5 nitrogen and oxygen atoms in total. The van der Waals surface area contributed by atoms with E-state index >= 15 is 0 Å². The summed E-state index contributed by atoms with van der Waals surface area (Å²) in [5.74, 6) is -0.578. The summed E-state index contributed by atoms with van der Waals surface area (Å²) in [6, 6.07) is 23.5. The molecule has 5 rings (SSSR count). The number of nitrogens with zero attached hydrogens (tertiary/aromatic N) is 2. The van der Waals surface area contributed by atoms with E-state index in [0.29, 0.717) is 11.3 Å². The second-order valence-corrected chi connectivity index (χ2v) is 7.20. The van der Waals surface area contributed by atoms with Crippen LogP contribution in [0.25, 0.3) is 22.2 Å². The van der Waals surface area contributed by atoms with Crippen LogP contribution in [-0.2, 0) is 4.79 Å². The molecule has 1 amide bonds. The molecular formula is C24H19N3O2. The number of nitrogens with one attached hydrogen (secondary N) is 1. The molecule has 2 N–H and O–H groups in total. The highest BCUT2D eigenvalue weighted by molar-refractivity contribution is 6.09. The minimum Gasteiger partial charge on any atom is -0.503 e. The average molecular weight is 381 g/mol. The molecule has 0 aliphatic carbocycles. The van der Waals surface area contributed by atoms with E-state index in [0.717, 1.165) is 27.7 Å². The molecule has 1 aromatic heterocycles. The number of amides is 1. The van der Waals surface area contributed by atoms with Crippen LogP contribution >= 0.6 is 0 Å². The highest BCUT2D eigenvalue weighted by atomic mass is 16.3. The Bertz CT molecular complexity index is 1240. The van der Waals surface area contributed by atoms with Crippen LogP contribution in [0.4, 0.5) is 5.69 Å². The summed E-state index contributed by atoms with van der Waals surface area (Å²) in [6.07, 6.45) is 1.63. The van der Waals surface area contributed by atoms with Crippen molar-refractivity contribution in [2.75, 3.05) is 4.90 Å². The first-order valence-electron chi connectivity index (χ1n) is 9.45. The molecule has 0 fully saturated rings. The smallest absolute Gasteiger partial charge is 0.293 e. The van der Waals surface area contributed by atoms with Crippen molar-refractivity contribution < 1.29 is 9.90 Å². The molecule has 29 heavy (non-hydrogen) atoms. The summed E-state index contributed by atoms with van der Waals surface area (Å²) in [6.45, 7) is 1.80. The monoisotopic (exact) mass is 381 g/mol. The number of anilines is 1. The molecular weight excluding hydrogens is 362 g/mol. The number of benzene rings is 3. The second kappa shape index (κ2) is 6.63. The zero-order valence-electron chi connectivity index (χ0n) is 15.8. The van der Waals surface area contributed by atoms with Crippen LogP contribution in [0.1, 0.15) is 18.5 Å². The van der Waals surface area contributed by atoms with Crippen LogP contribution in [0.2, 0.25) is 0 Å². The lowest BCUT2D eigenvalue weighted by atomic mass is 9.97. The van der Waals surface area contributed by atoms with Gasteiger partial charge in [0.15, 0.2) is 5.76 Å². The fourth-order valence-corrected chi connectivity index (χ4v) is 3.95. The molecule has 3 aromatic carbocycles. The van der Waals surface area contributed by atoms with Gasteiger partial charge in [0.2, 0.25) is 0 Å². The van der Waals surface area contributed by atoms with E-state index in [1.165, 1.54) is 0 Å². The Balaban J connectivity index is 1.56. The predicted octanol–water partition coefficient (Wildman–Crippen LogP) is 5.15. The minimum atomic E-state index is -0.390. The van der Waals surface area contributed by atoms with Crippen LogP contribution in [0, 0.1) is 0 Å². The van der Waals surface area contributed by atoms with Gasteiger partial charge in [-0.25, -0.2) is 4.98 Å². The zero-order valence-corrected chi connectivity index (χ0v) is 15.8. The molecule has 0 saturated carbocycles. The van der Waals surface area contributed by atoms with E-state index < -0.39 is 5.91 Å². The van der Waals surface area contributed by atoms with Crippen LogP contribution in [-0.4, -0.2) is 21.0 Å². The average Bonchev–Trinajstić information content (AvgIpc) is 3.32. The standard InChI is InChI=1S/C24H19N3O2/c1-15-22(18-9-7-17(8-10-18)16-5-3-2-4-6-16)27(24(29)23(15)28)19-11-12-20-21(13-19)26-14-25-20/h2-14,22,28H,1H3,(H,25,26). The van der Waals surface area contributed by atoms with E-state index in [9.17, 15) is 9.90 Å². The SMILES string of the molecule is CC1=C(O)C(=O)N(c2ccc3nc[nH]c3c2)C1c1ccc(-c2ccccc2)cc1. The number of imidazole rings is 1. The summed E-state index contributed by atoms with van der Waals surface area (Å²) in [7, 11) is 0. The molecule has 0 saturated heterocycles. The molecule has 2 heterocycles. The summed E-state index contributed by atoms with van der Waals surface area (Å²) in [5.41, 5.74) is 6.23. The molecule has 142 valence electrons. The maximum absolute atomic E-state index is 12.9. The van der Waals surface area contributed by atoms with Crippen LogP contribution < -0.4 is 4.90 Å². The predicted molar refractivity (Wildman–Crippen MR) is 114 cm³/mol. The number of aliphatic hydroxyl groups excluding tert-OH is 1. The normalized spacial score (nSPS) is 16.8. The second-order valence-electron chi connectivity index (χ2n) is 7.20. The molecule has 1 atom stereocenters. The molecule has 1 aliphatic heterocycles. The van der Waals surface area contributed by atoms with Gasteiger partial charge in [0.05, 0.1) is 23.4 Å². The van der Waals surface area contributed by atoms with Crippen molar-refractivity contribution in [2.45, 2.75) is 13.0 Å². The fraction of sp³-hybridized carbons (Fsp3) is 0.0833. The van der Waals surface area contributed by atoms with Crippen molar-refractivity contribution >= 4 is 22.6 Å². The van der Waals surface area contributed by atoms with Gasteiger partial charge in [-0.1, -0.05) is 54.6 Å². The third kappa shape index (κ3) is 2.79. The highest BCUT2D eigenvalue weighted by Gasteiger charge is 2.39. The van der Waals surface area contributed by atoms with Gasteiger partial charge in [-0.3, -0.25) is 9.69 Å². The number of aromatic amines is 1. The largest absolute Gasteiger partial charge is 0.503 e. The van der Waals surface area contributed by atoms with Crippen molar-refractivity contribution in [2.24, 2.45) is 0 Å². The van der Waals surface area contributed by atoms with Crippen LogP contribution in [0.5, 0.6) is 0 Å². The van der Waals surface area contributed by atoms with E-state index in [2.05, 4.69) is 22.1 Å². The van der Waals surface area contributed by atoms with Gasteiger partial charge >= 0.3 is 0 Å². The third-order valence-electron chi connectivity index (χ3n) is 5.48. The molecule has 0 bridgehead atoms. The molecule has 1 unspecified atom stereocenters. The first-order chi connectivity index (χ1) is 14.1. The van der Waals surface area contributed by atoms with Gasteiger partial charge in [0, 0.05) is 11.3 Å². The first kappa shape index (κ1) is 17.3. The third-order valence-corrected chi connectivity index (χ3v) is 5.48. The summed E-state index contributed by atoms with van der Waals surface area (Å²) < 4.78 is 0. The van der Waals surface area contributed by atoms with E-state index in [4.69, 9.17) is 0 Å². The molecule has 4 aromatic rings. The Morgan fingerprint density at radius 1 is 0.966 bits per heavy atom. The Labute approximate surface area is 168 Å². The Hall–Kier alpha value is -3.86. The summed E-state index contributed by atoms with van der Waals surface area (Å²) in [5, 5.41) is 10.4. The summed E-state index contributed by atoms with van der Waals surface area (Å²) in [4.78, 5) is 21.8. The van der Waals surface area contributed by atoms with Crippen molar-refractivity contribution in [3.63, 3.8) is 0 Å². The lowest BCUT2D eigenvalue weighted by Gasteiger charge is -2.26. The van der Waals surface area contributed by atoms with Gasteiger partial charge < -0.3 is 10.1 Å². The molecule has 0 spiro atoms. The van der Waals surface area contributed by atoms with Gasteiger partial charge in [-0.2, -0.15) is 0 Å². The zero-order chi connectivity index (χ0) is 20.0. The first-order valence-corrected chi connectivity index (χ1v) is 9.45. The van der Waals surface area contributed by atoms with E-state index in [1.54, 1.807) is 18.2 Å². The molecule has 1 aliphatic rings. The number of aliphatic hydroxyl groups is 1. The summed E-state index contributed by atoms with van der Waals surface area (Å²) >= 11 is 0. The molecule has 5 heteroatoms. The van der Waals surface area contributed by atoms with Gasteiger partial charge in [-0.15, -0.1) is 0 Å². The maximum Gasteiger partial charge on any atom is 0.293 e. The Morgan fingerprint density at radius 3 is 2.45 bits per heavy atom. The number of hydrogen-bond acceptors (Lipinski definition) is 3. The van der Waals surface area contributed by atoms with Crippen molar-refractivity contribution in [3.05, 3.63) is 96.0 Å².